The molecule has 0 saturated carbocycles. The summed E-state index contributed by atoms with van der Waals surface area (Å²) in [5, 5.41) is 12.0. The topological polar surface area (TPSA) is 40.1 Å². The highest BCUT2D eigenvalue weighted by Gasteiger charge is 2.31. The van der Waals surface area contributed by atoms with E-state index >= 15 is 0 Å². The van der Waals surface area contributed by atoms with Crippen LogP contribution in [-0.4, -0.2) is 14.8 Å². The fraction of sp³-hybridized carbons (Fsp3) is 0.500. The van der Waals surface area contributed by atoms with Gasteiger partial charge in [0, 0.05) is 5.97 Å². The maximum absolute atomic E-state index is 8.89. The molecule has 0 atom stereocenters. The maximum atomic E-state index is 8.89. The zero-order valence-corrected chi connectivity index (χ0v) is 19.4. The number of benzene rings is 2. The number of carboxylic acid groups (broad SMARTS) is 1. The number of carbonyl (C=O) groups excluding carboxylic acids is 1. The van der Waals surface area contributed by atoms with Crippen molar-refractivity contribution in [1.29, 1.82) is 0 Å². The van der Waals surface area contributed by atoms with Crippen molar-refractivity contribution in [3.05, 3.63) is 60.7 Å². The normalized spacial score (nSPS) is 10.1. The van der Waals surface area contributed by atoms with Crippen LogP contribution in [0.25, 0.3) is 0 Å². The molecule has 2 aromatic carbocycles. The smallest absolute Gasteiger partial charge is 0.390 e. The average molecular weight is 411 g/mol. The summed E-state index contributed by atoms with van der Waals surface area (Å²) in [5.74, 6) is -1.08. The van der Waals surface area contributed by atoms with Crippen LogP contribution >= 0.6 is 0 Å². The summed E-state index contributed by atoms with van der Waals surface area (Å²) in [6.45, 7) is 3.26. The molecular weight excluding hydrogens is 372 g/mol. The second kappa shape index (κ2) is 17.0. The highest BCUT2D eigenvalue weighted by molar-refractivity contribution is 6.85. The van der Waals surface area contributed by atoms with Gasteiger partial charge in [0.25, 0.3) is 0 Å². The third kappa shape index (κ3) is 13.1. The third-order valence-electron chi connectivity index (χ3n) is 5.02. The quantitative estimate of drug-likeness (QED) is 0.345. The third-order valence-corrected chi connectivity index (χ3v) is 7.94. The molecule has 2 rings (SSSR count). The lowest BCUT2D eigenvalue weighted by Crippen LogP contribution is -2.41. The lowest BCUT2D eigenvalue weighted by Gasteiger charge is -2.04. The molecule has 0 N–H and O–H groups in total. The van der Waals surface area contributed by atoms with Gasteiger partial charge in [-0.1, -0.05) is 101 Å². The van der Waals surface area contributed by atoms with Crippen molar-refractivity contribution < 1.29 is 9.90 Å². The minimum atomic E-state index is -1.08. The molecule has 0 aliphatic rings. The van der Waals surface area contributed by atoms with Gasteiger partial charge in [-0.2, -0.15) is 0 Å². The Morgan fingerprint density at radius 1 is 0.690 bits per heavy atom. The van der Waals surface area contributed by atoms with Crippen molar-refractivity contribution in [2.45, 2.75) is 84.1 Å². The van der Waals surface area contributed by atoms with Crippen LogP contribution in [0.4, 0.5) is 0 Å². The molecule has 29 heavy (non-hydrogen) atoms. The van der Waals surface area contributed by atoms with Crippen LogP contribution < -0.4 is 15.5 Å². The Balaban J connectivity index is 0.000000960. The van der Waals surface area contributed by atoms with Crippen LogP contribution in [0.15, 0.2) is 60.7 Å². The van der Waals surface area contributed by atoms with E-state index in [-0.39, 0.29) is 0 Å². The number of rotatable bonds is 13. The summed E-state index contributed by atoms with van der Waals surface area (Å²) in [4.78, 5) is 8.89. The number of hydrogen-bond donors (Lipinski definition) is 0. The fourth-order valence-corrected chi connectivity index (χ4v) is 6.23. The van der Waals surface area contributed by atoms with Crippen LogP contribution in [0, 0.1) is 0 Å². The van der Waals surface area contributed by atoms with E-state index in [2.05, 4.69) is 67.6 Å². The van der Waals surface area contributed by atoms with Gasteiger partial charge in [-0.05, 0) is 37.6 Å². The first-order valence-electron chi connectivity index (χ1n) is 11.3. The molecule has 0 spiro atoms. The van der Waals surface area contributed by atoms with Gasteiger partial charge in [-0.15, -0.1) is 0 Å². The van der Waals surface area contributed by atoms with Crippen molar-refractivity contribution in [2.24, 2.45) is 0 Å². The molecule has 3 heteroatoms. The summed E-state index contributed by atoms with van der Waals surface area (Å²) >= 11 is 0. The Labute approximate surface area is 180 Å². The second-order valence-corrected chi connectivity index (χ2v) is 10.2. The fourth-order valence-electron chi connectivity index (χ4n) is 3.52. The zero-order valence-electron chi connectivity index (χ0n) is 18.4. The lowest BCUT2D eigenvalue weighted by molar-refractivity contribution is -0.302. The van der Waals surface area contributed by atoms with E-state index in [0.717, 1.165) is 6.92 Å². The van der Waals surface area contributed by atoms with Crippen LogP contribution in [0.5, 0.6) is 0 Å². The van der Waals surface area contributed by atoms with Gasteiger partial charge in [0.1, 0.15) is 10.4 Å². The molecule has 2 nitrogen and oxygen atoms in total. The van der Waals surface area contributed by atoms with Gasteiger partial charge < -0.3 is 9.90 Å². The van der Waals surface area contributed by atoms with E-state index < -0.39 is 14.8 Å². The number of carbonyl (C=O) groups is 1. The minimum absolute atomic E-state index is 0.607. The summed E-state index contributed by atoms with van der Waals surface area (Å²) in [7, 11) is -0.607. The number of carboxylic acids is 1. The molecule has 2 aromatic rings. The van der Waals surface area contributed by atoms with Gasteiger partial charge in [0.2, 0.25) is 0 Å². The molecular formula is C26H38O2Si. The van der Waals surface area contributed by atoms with E-state index in [1.165, 1.54) is 70.3 Å². The predicted molar refractivity (Wildman–Crippen MR) is 125 cm³/mol. The van der Waals surface area contributed by atoms with E-state index in [9.17, 15) is 0 Å². The number of aliphatic carboxylic acids is 1. The zero-order chi connectivity index (χ0) is 21.2. The molecule has 0 aliphatic carbocycles. The van der Waals surface area contributed by atoms with E-state index in [1.54, 1.807) is 10.4 Å². The van der Waals surface area contributed by atoms with Crippen molar-refractivity contribution >= 4 is 25.1 Å². The Bertz CT molecular complexity index is 584. The highest BCUT2D eigenvalue weighted by Crippen LogP contribution is 2.12. The van der Waals surface area contributed by atoms with E-state index in [4.69, 9.17) is 9.90 Å². The summed E-state index contributed by atoms with van der Waals surface area (Å²) in [6, 6.07) is 23.7. The Hall–Kier alpha value is -1.87. The number of hydrogen-bond acceptors (Lipinski definition) is 2. The molecule has 0 saturated heterocycles. The average Bonchev–Trinajstić information content (AvgIpc) is 2.73. The standard InChI is InChI=1S/C24H35Si.C2H4O2/c1-2-3-4-5-6-7-8-9-10-17-22-25(23-18-13-11-14-19-23)24-20-15-12-16-21-24;1-2(3)4/h11-16,18-21H,2-10,17,22H2,1H3;1H3,(H,3,4)/q+1;/p-1. The van der Waals surface area contributed by atoms with E-state index in [1.807, 2.05) is 0 Å². The first kappa shape index (κ1) is 25.2. The van der Waals surface area contributed by atoms with Gasteiger partial charge in [-0.25, -0.2) is 0 Å². The molecule has 0 unspecified atom stereocenters. The van der Waals surface area contributed by atoms with Gasteiger partial charge in [0.15, 0.2) is 0 Å². The summed E-state index contributed by atoms with van der Waals surface area (Å²) in [5.41, 5.74) is 0. The van der Waals surface area contributed by atoms with E-state index in [0.29, 0.717) is 0 Å². The van der Waals surface area contributed by atoms with Crippen molar-refractivity contribution in [1.82, 2.24) is 0 Å². The molecule has 0 radical (unpaired) electrons. The number of unbranched alkanes of at least 4 members (excludes halogenated alkanes) is 9. The maximum Gasteiger partial charge on any atom is 0.390 e. The second-order valence-electron chi connectivity index (χ2n) is 7.63. The highest BCUT2D eigenvalue weighted by atomic mass is 28.3. The monoisotopic (exact) mass is 410 g/mol. The van der Waals surface area contributed by atoms with Crippen LogP contribution in [-0.2, 0) is 4.79 Å². The van der Waals surface area contributed by atoms with Crippen LogP contribution in [0.1, 0.15) is 78.1 Å². The first-order chi connectivity index (χ1) is 14.1. The largest absolute Gasteiger partial charge is 0.550 e. The van der Waals surface area contributed by atoms with Crippen molar-refractivity contribution in [3.63, 3.8) is 0 Å². The Morgan fingerprint density at radius 3 is 1.41 bits per heavy atom. The van der Waals surface area contributed by atoms with Crippen LogP contribution in [0.2, 0.25) is 6.04 Å². The Kier molecular flexibility index (Phi) is 14.8. The SMILES string of the molecule is CC(=O)[O-].CCCCCCCCCCCC[Si+](c1ccccc1)c1ccccc1. The molecule has 0 aromatic heterocycles. The lowest BCUT2D eigenvalue weighted by atomic mass is 10.1. The van der Waals surface area contributed by atoms with Gasteiger partial charge in [-0.3, -0.25) is 0 Å². The van der Waals surface area contributed by atoms with Crippen molar-refractivity contribution in [2.75, 3.05) is 0 Å². The minimum Gasteiger partial charge on any atom is -0.550 e. The molecule has 158 valence electrons. The van der Waals surface area contributed by atoms with Gasteiger partial charge in [0.05, 0.1) is 6.04 Å². The van der Waals surface area contributed by atoms with Crippen LogP contribution in [0.3, 0.4) is 0 Å². The molecule has 0 heterocycles. The summed E-state index contributed by atoms with van der Waals surface area (Å²) in [6.07, 6.45) is 14.2. The first-order valence-corrected chi connectivity index (χ1v) is 13.0. The molecule has 0 amide bonds. The molecule has 0 bridgehead atoms. The van der Waals surface area contributed by atoms with Gasteiger partial charge >= 0.3 is 8.80 Å². The summed E-state index contributed by atoms with van der Waals surface area (Å²) < 4.78 is 0. The Morgan fingerprint density at radius 2 is 1.03 bits per heavy atom. The predicted octanol–water partition coefficient (Wildman–Crippen LogP) is 4.97. The van der Waals surface area contributed by atoms with Crippen molar-refractivity contribution in [3.8, 4) is 0 Å². The molecule has 0 fully saturated rings. The molecule has 0 aliphatic heterocycles.